The van der Waals surface area contributed by atoms with Crippen LogP contribution in [0.5, 0.6) is 0 Å². The molecule has 2 rings (SSSR count). The van der Waals surface area contributed by atoms with Crippen LogP contribution < -0.4 is 0 Å². The summed E-state index contributed by atoms with van der Waals surface area (Å²) >= 11 is 11.9. The van der Waals surface area contributed by atoms with Gasteiger partial charge in [-0.15, -0.1) is 0 Å². The maximum absolute atomic E-state index is 6.00. The lowest BCUT2D eigenvalue weighted by atomic mass is 10.4. The summed E-state index contributed by atoms with van der Waals surface area (Å²) < 4.78 is 1.98. The summed E-state index contributed by atoms with van der Waals surface area (Å²) in [6.45, 7) is 0.749. The Morgan fingerprint density at radius 3 is 2.62 bits per heavy atom. The molecule has 0 bridgehead atoms. The molecule has 0 unspecified atom stereocenters. The van der Waals surface area contributed by atoms with Crippen LogP contribution in [0.4, 0.5) is 0 Å². The standard InChI is InChI=1S/C10H12Cl2N4/c1-15(2)5-8-14-9-6(16(8)3)4-7(11)13-10(9)12/h4H,5H2,1-3H3. The SMILES string of the molecule is CN(C)Cc1nc2c(Cl)nc(Cl)cc2n1C. The maximum Gasteiger partial charge on any atom is 0.158 e. The fraction of sp³-hybridized carbons (Fsp3) is 0.400. The quantitative estimate of drug-likeness (QED) is 0.776. The van der Waals surface area contributed by atoms with E-state index in [1.54, 1.807) is 6.07 Å². The minimum Gasteiger partial charge on any atom is -0.330 e. The molecule has 2 aromatic rings. The van der Waals surface area contributed by atoms with Crippen LogP contribution in [0.3, 0.4) is 0 Å². The van der Waals surface area contributed by atoms with Crippen LogP contribution in [-0.2, 0) is 13.6 Å². The van der Waals surface area contributed by atoms with Crippen molar-refractivity contribution in [1.29, 1.82) is 0 Å². The van der Waals surface area contributed by atoms with E-state index in [9.17, 15) is 0 Å². The molecule has 16 heavy (non-hydrogen) atoms. The predicted octanol–water partition coefficient (Wildman–Crippen LogP) is 2.34. The molecule has 2 aromatic heterocycles. The number of halogens is 2. The van der Waals surface area contributed by atoms with Crippen molar-refractivity contribution in [1.82, 2.24) is 19.4 Å². The highest BCUT2D eigenvalue weighted by atomic mass is 35.5. The number of hydrogen-bond acceptors (Lipinski definition) is 3. The number of hydrogen-bond donors (Lipinski definition) is 0. The first kappa shape index (κ1) is 11.6. The molecule has 0 amide bonds. The van der Waals surface area contributed by atoms with Crippen molar-refractivity contribution in [2.24, 2.45) is 7.05 Å². The zero-order valence-electron chi connectivity index (χ0n) is 9.33. The predicted molar refractivity (Wildman–Crippen MR) is 65.9 cm³/mol. The molecular weight excluding hydrogens is 247 g/mol. The molecule has 2 heterocycles. The summed E-state index contributed by atoms with van der Waals surface area (Å²) in [7, 11) is 5.93. The van der Waals surface area contributed by atoms with Crippen LogP contribution in [-0.4, -0.2) is 33.5 Å². The summed E-state index contributed by atoms with van der Waals surface area (Å²) in [6, 6.07) is 1.77. The van der Waals surface area contributed by atoms with Crippen molar-refractivity contribution in [3.63, 3.8) is 0 Å². The largest absolute Gasteiger partial charge is 0.330 e. The number of nitrogens with zero attached hydrogens (tertiary/aromatic N) is 4. The Labute approximate surface area is 104 Å². The lowest BCUT2D eigenvalue weighted by Gasteiger charge is -2.08. The Bertz CT molecular complexity index is 533. The topological polar surface area (TPSA) is 34.0 Å². The van der Waals surface area contributed by atoms with Crippen LogP contribution in [0.15, 0.2) is 6.07 Å². The Kier molecular flexibility index (Phi) is 3.06. The number of aromatic nitrogens is 3. The molecule has 0 saturated heterocycles. The Morgan fingerprint density at radius 1 is 1.31 bits per heavy atom. The number of imidazole rings is 1. The van der Waals surface area contributed by atoms with Crippen molar-refractivity contribution < 1.29 is 0 Å². The highest BCUT2D eigenvalue weighted by Crippen LogP contribution is 2.24. The van der Waals surface area contributed by atoms with Crippen LogP contribution >= 0.6 is 23.2 Å². The molecule has 0 aliphatic carbocycles. The van der Waals surface area contributed by atoms with E-state index in [0.717, 1.165) is 17.9 Å². The van der Waals surface area contributed by atoms with Gasteiger partial charge in [0.2, 0.25) is 0 Å². The van der Waals surface area contributed by atoms with Gasteiger partial charge >= 0.3 is 0 Å². The minimum atomic E-state index is 0.350. The normalized spacial score (nSPS) is 11.6. The van der Waals surface area contributed by atoms with E-state index in [-0.39, 0.29) is 0 Å². The van der Waals surface area contributed by atoms with Crippen LogP contribution in [0.25, 0.3) is 11.0 Å². The molecular formula is C10H12Cl2N4. The Hall–Kier alpha value is -0.840. The van der Waals surface area contributed by atoms with Gasteiger partial charge in [-0.2, -0.15) is 0 Å². The van der Waals surface area contributed by atoms with Gasteiger partial charge in [0, 0.05) is 13.1 Å². The van der Waals surface area contributed by atoms with Crippen molar-refractivity contribution in [2.75, 3.05) is 14.1 Å². The van der Waals surface area contributed by atoms with E-state index < -0.39 is 0 Å². The summed E-state index contributed by atoms with van der Waals surface area (Å²) in [5.41, 5.74) is 1.60. The molecule has 0 saturated carbocycles. The summed E-state index contributed by atoms with van der Waals surface area (Å²) in [5, 5.41) is 0.736. The molecule has 0 N–H and O–H groups in total. The lowest BCUT2D eigenvalue weighted by molar-refractivity contribution is 0.386. The third-order valence-corrected chi connectivity index (χ3v) is 2.80. The van der Waals surface area contributed by atoms with Gasteiger partial charge in [-0.1, -0.05) is 23.2 Å². The first-order valence-corrected chi connectivity index (χ1v) is 5.56. The smallest absolute Gasteiger partial charge is 0.158 e. The van der Waals surface area contributed by atoms with E-state index in [4.69, 9.17) is 23.2 Å². The van der Waals surface area contributed by atoms with Crippen LogP contribution in [0.2, 0.25) is 10.3 Å². The van der Waals surface area contributed by atoms with Gasteiger partial charge in [0.15, 0.2) is 5.15 Å². The summed E-state index contributed by atoms with van der Waals surface area (Å²) in [6.07, 6.45) is 0. The van der Waals surface area contributed by atoms with Gasteiger partial charge < -0.3 is 9.47 Å². The van der Waals surface area contributed by atoms with Crippen molar-refractivity contribution in [3.8, 4) is 0 Å². The molecule has 4 nitrogen and oxygen atoms in total. The minimum absolute atomic E-state index is 0.350. The van der Waals surface area contributed by atoms with Gasteiger partial charge in [0.05, 0.1) is 12.1 Å². The maximum atomic E-state index is 6.00. The first-order valence-electron chi connectivity index (χ1n) is 4.81. The van der Waals surface area contributed by atoms with Gasteiger partial charge in [-0.05, 0) is 14.1 Å². The molecule has 0 spiro atoms. The Morgan fingerprint density at radius 2 is 2.00 bits per heavy atom. The van der Waals surface area contributed by atoms with Crippen molar-refractivity contribution >= 4 is 34.2 Å². The van der Waals surface area contributed by atoms with Crippen LogP contribution in [0.1, 0.15) is 5.82 Å². The van der Waals surface area contributed by atoms with E-state index >= 15 is 0 Å². The third kappa shape index (κ3) is 2.00. The van der Waals surface area contributed by atoms with Gasteiger partial charge in [0.25, 0.3) is 0 Å². The van der Waals surface area contributed by atoms with Crippen molar-refractivity contribution in [2.45, 2.75) is 6.54 Å². The molecule has 0 aliphatic rings. The van der Waals surface area contributed by atoms with Crippen LogP contribution in [0, 0.1) is 0 Å². The van der Waals surface area contributed by atoms with Gasteiger partial charge in [0.1, 0.15) is 16.5 Å². The fourth-order valence-corrected chi connectivity index (χ4v) is 2.05. The second kappa shape index (κ2) is 4.20. The van der Waals surface area contributed by atoms with E-state index in [1.165, 1.54) is 0 Å². The number of fused-ring (bicyclic) bond motifs is 1. The molecule has 0 fully saturated rings. The molecule has 0 aliphatic heterocycles. The highest BCUT2D eigenvalue weighted by Gasteiger charge is 2.12. The zero-order valence-corrected chi connectivity index (χ0v) is 10.8. The first-order chi connectivity index (χ1) is 7.49. The summed E-state index contributed by atoms with van der Waals surface area (Å²) in [5.74, 6) is 0.936. The molecule has 0 radical (unpaired) electrons. The summed E-state index contributed by atoms with van der Waals surface area (Å²) in [4.78, 5) is 10.5. The van der Waals surface area contributed by atoms with E-state index in [2.05, 4.69) is 9.97 Å². The lowest BCUT2D eigenvalue weighted by Crippen LogP contribution is -2.14. The van der Waals surface area contributed by atoms with E-state index in [0.29, 0.717) is 15.8 Å². The third-order valence-electron chi connectivity index (χ3n) is 2.35. The monoisotopic (exact) mass is 258 g/mol. The van der Waals surface area contributed by atoms with E-state index in [1.807, 2.05) is 30.6 Å². The average molecular weight is 259 g/mol. The van der Waals surface area contributed by atoms with Gasteiger partial charge in [-0.25, -0.2) is 9.97 Å². The second-order valence-electron chi connectivity index (χ2n) is 3.93. The highest BCUT2D eigenvalue weighted by molar-refractivity contribution is 6.36. The fourth-order valence-electron chi connectivity index (χ4n) is 1.59. The van der Waals surface area contributed by atoms with Gasteiger partial charge in [-0.3, -0.25) is 0 Å². The number of rotatable bonds is 2. The number of aryl methyl sites for hydroxylation is 1. The molecule has 86 valence electrons. The number of pyridine rings is 1. The zero-order chi connectivity index (χ0) is 11.9. The average Bonchev–Trinajstić information content (AvgIpc) is 2.45. The molecule has 0 aromatic carbocycles. The second-order valence-corrected chi connectivity index (χ2v) is 4.67. The molecule has 6 heteroatoms. The Balaban J connectivity index is 2.63. The molecule has 0 atom stereocenters. The van der Waals surface area contributed by atoms with Crippen molar-refractivity contribution in [3.05, 3.63) is 22.2 Å².